The zero-order valence-electron chi connectivity index (χ0n) is 7.41. The Morgan fingerprint density at radius 2 is 2.23 bits per heavy atom. The fourth-order valence-electron chi connectivity index (χ4n) is 1.14. The minimum absolute atomic E-state index is 0.0586. The molecule has 2 N–H and O–H groups in total. The molecule has 0 unspecified atom stereocenters. The van der Waals surface area contributed by atoms with Crippen LogP contribution in [0.25, 0.3) is 0 Å². The molecule has 0 saturated carbocycles. The van der Waals surface area contributed by atoms with E-state index in [1.54, 1.807) is 0 Å². The molecule has 0 fully saturated rings. The van der Waals surface area contributed by atoms with E-state index in [2.05, 4.69) is 5.32 Å². The summed E-state index contributed by atoms with van der Waals surface area (Å²) in [7, 11) is 0. The number of imide groups is 1. The first-order valence-electron chi connectivity index (χ1n) is 4.13. The first-order valence-corrected chi connectivity index (χ1v) is 4.13. The first-order chi connectivity index (χ1) is 6.20. The summed E-state index contributed by atoms with van der Waals surface area (Å²) in [4.78, 5) is 23.5. The molecule has 1 heterocycles. The molecule has 0 atom stereocenters. The summed E-state index contributed by atoms with van der Waals surface area (Å²) in [5, 5.41) is 11.4. The van der Waals surface area contributed by atoms with Gasteiger partial charge < -0.3 is 10.4 Å². The van der Waals surface area contributed by atoms with E-state index in [1.807, 2.05) is 6.92 Å². The van der Waals surface area contributed by atoms with E-state index >= 15 is 0 Å². The predicted octanol–water partition coefficient (Wildman–Crippen LogP) is -1.16. The van der Waals surface area contributed by atoms with Gasteiger partial charge in [-0.1, -0.05) is 0 Å². The van der Waals surface area contributed by atoms with Gasteiger partial charge in [0.15, 0.2) is 0 Å². The van der Waals surface area contributed by atoms with E-state index in [4.69, 9.17) is 5.11 Å². The maximum absolute atomic E-state index is 11.4. The summed E-state index contributed by atoms with van der Waals surface area (Å²) in [6.07, 6.45) is 1.25. The molecule has 0 aliphatic carbocycles. The van der Waals surface area contributed by atoms with Gasteiger partial charge in [-0.3, -0.25) is 14.5 Å². The summed E-state index contributed by atoms with van der Waals surface area (Å²) in [5.74, 6) is -0.726. The molecular formula is C8H12N2O3. The van der Waals surface area contributed by atoms with Crippen LogP contribution in [0.3, 0.4) is 0 Å². The minimum Gasteiger partial charge on any atom is -0.395 e. The number of carbonyl (C=O) groups is 2. The quantitative estimate of drug-likeness (QED) is 0.541. The van der Waals surface area contributed by atoms with Crippen LogP contribution in [0.5, 0.6) is 0 Å². The Bertz CT molecular complexity index is 260. The number of aliphatic hydroxyl groups is 1. The molecule has 0 aromatic carbocycles. The highest BCUT2D eigenvalue weighted by Crippen LogP contribution is 2.08. The van der Waals surface area contributed by atoms with E-state index in [1.165, 1.54) is 6.08 Å². The van der Waals surface area contributed by atoms with Gasteiger partial charge in [-0.05, 0) is 6.92 Å². The van der Waals surface area contributed by atoms with Crippen molar-refractivity contribution >= 4 is 11.8 Å². The number of nitrogens with one attached hydrogen (secondary N) is 1. The second-order valence-corrected chi connectivity index (χ2v) is 2.61. The molecule has 1 rings (SSSR count). The topological polar surface area (TPSA) is 69.6 Å². The fourth-order valence-corrected chi connectivity index (χ4v) is 1.14. The average molecular weight is 184 g/mol. The lowest BCUT2D eigenvalue weighted by Gasteiger charge is -2.12. The maximum atomic E-state index is 11.4. The molecule has 0 saturated heterocycles. The summed E-state index contributed by atoms with van der Waals surface area (Å²) < 4.78 is 0. The monoisotopic (exact) mass is 184 g/mol. The maximum Gasteiger partial charge on any atom is 0.277 e. The number of aliphatic hydroxyl groups excluding tert-OH is 1. The van der Waals surface area contributed by atoms with Crippen LogP contribution >= 0.6 is 0 Å². The SMILES string of the molecule is CCNC1=CC(=O)N(CCO)C1=O. The molecule has 1 aliphatic heterocycles. The highest BCUT2D eigenvalue weighted by molar-refractivity contribution is 6.15. The lowest BCUT2D eigenvalue weighted by atomic mass is 10.4. The Morgan fingerprint density at radius 3 is 2.77 bits per heavy atom. The van der Waals surface area contributed by atoms with Crippen LogP contribution in [0.1, 0.15) is 6.92 Å². The van der Waals surface area contributed by atoms with Crippen molar-refractivity contribution in [3.05, 3.63) is 11.8 Å². The number of hydrogen-bond donors (Lipinski definition) is 2. The van der Waals surface area contributed by atoms with Crippen LogP contribution in [0, 0.1) is 0 Å². The van der Waals surface area contributed by atoms with Gasteiger partial charge >= 0.3 is 0 Å². The minimum atomic E-state index is -0.366. The fraction of sp³-hybridized carbons (Fsp3) is 0.500. The third-order valence-electron chi connectivity index (χ3n) is 1.70. The molecule has 1 aliphatic rings. The number of amides is 2. The van der Waals surface area contributed by atoms with Crippen molar-refractivity contribution in [2.75, 3.05) is 19.7 Å². The van der Waals surface area contributed by atoms with Crippen LogP contribution in [-0.2, 0) is 9.59 Å². The van der Waals surface area contributed by atoms with Gasteiger partial charge in [-0.15, -0.1) is 0 Å². The molecule has 5 heteroatoms. The van der Waals surface area contributed by atoms with Crippen molar-refractivity contribution in [2.45, 2.75) is 6.92 Å². The smallest absolute Gasteiger partial charge is 0.277 e. The number of rotatable bonds is 4. The van der Waals surface area contributed by atoms with Gasteiger partial charge in [-0.25, -0.2) is 0 Å². The van der Waals surface area contributed by atoms with Crippen LogP contribution in [0.2, 0.25) is 0 Å². The number of carbonyl (C=O) groups excluding carboxylic acids is 2. The number of nitrogens with zero attached hydrogens (tertiary/aromatic N) is 1. The molecule has 13 heavy (non-hydrogen) atoms. The molecule has 72 valence electrons. The lowest BCUT2D eigenvalue weighted by Crippen LogP contribution is -2.35. The number of hydrogen-bond acceptors (Lipinski definition) is 4. The highest BCUT2D eigenvalue weighted by Gasteiger charge is 2.29. The van der Waals surface area contributed by atoms with Crippen molar-refractivity contribution in [1.29, 1.82) is 0 Å². The summed E-state index contributed by atoms with van der Waals surface area (Å²) in [6.45, 7) is 2.29. The van der Waals surface area contributed by atoms with E-state index in [-0.39, 0.29) is 25.0 Å². The van der Waals surface area contributed by atoms with Gasteiger partial charge in [0.25, 0.3) is 11.8 Å². The van der Waals surface area contributed by atoms with Crippen molar-refractivity contribution in [2.24, 2.45) is 0 Å². The van der Waals surface area contributed by atoms with Crippen LogP contribution < -0.4 is 5.32 Å². The van der Waals surface area contributed by atoms with E-state index in [0.29, 0.717) is 12.2 Å². The normalized spacial score (nSPS) is 16.5. The molecule has 0 aromatic heterocycles. The average Bonchev–Trinajstić information content (AvgIpc) is 2.34. The summed E-state index contributed by atoms with van der Waals surface area (Å²) in [5.41, 5.74) is 0.306. The van der Waals surface area contributed by atoms with Crippen LogP contribution in [-0.4, -0.2) is 41.5 Å². The Balaban J connectivity index is 2.68. The van der Waals surface area contributed by atoms with Crippen LogP contribution in [0.15, 0.2) is 11.8 Å². The van der Waals surface area contributed by atoms with Crippen molar-refractivity contribution in [1.82, 2.24) is 10.2 Å². The zero-order chi connectivity index (χ0) is 9.84. The Hall–Kier alpha value is -1.36. The van der Waals surface area contributed by atoms with Gasteiger partial charge in [0.2, 0.25) is 0 Å². The Morgan fingerprint density at radius 1 is 1.54 bits per heavy atom. The van der Waals surface area contributed by atoms with E-state index in [9.17, 15) is 9.59 Å². The van der Waals surface area contributed by atoms with Gasteiger partial charge in [0.05, 0.1) is 13.2 Å². The zero-order valence-corrected chi connectivity index (χ0v) is 7.41. The molecule has 0 bridgehead atoms. The van der Waals surface area contributed by atoms with Gasteiger partial charge in [-0.2, -0.15) is 0 Å². The standard InChI is InChI=1S/C8H12N2O3/c1-2-9-6-5-7(12)10(3-4-11)8(6)13/h5,9,11H,2-4H2,1H3. The molecular weight excluding hydrogens is 172 g/mol. The summed E-state index contributed by atoms with van der Waals surface area (Å²) in [6, 6.07) is 0. The molecule has 0 radical (unpaired) electrons. The van der Waals surface area contributed by atoms with Gasteiger partial charge in [0, 0.05) is 12.6 Å². The third-order valence-corrected chi connectivity index (χ3v) is 1.70. The van der Waals surface area contributed by atoms with Crippen LogP contribution in [0.4, 0.5) is 0 Å². The molecule has 5 nitrogen and oxygen atoms in total. The molecule has 2 amide bonds. The highest BCUT2D eigenvalue weighted by atomic mass is 16.3. The second-order valence-electron chi connectivity index (χ2n) is 2.61. The molecule has 0 aromatic rings. The summed E-state index contributed by atoms with van der Waals surface area (Å²) >= 11 is 0. The third kappa shape index (κ3) is 1.86. The Kier molecular flexibility index (Phi) is 3.02. The largest absolute Gasteiger partial charge is 0.395 e. The number of likely N-dealkylation sites (N-methyl/N-ethyl adjacent to an activating group) is 1. The van der Waals surface area contributed by atoms with Gasteiger partial charge in [0.1, 0.15) is 5.70 Å². The second kappa shape index (κ2) is 4.04. The Labute approximate surface area is 76.0 Å². The van der Waals surface area contributed by atoms with E-state index in [0.717, 1.165) is 4.90 Å². The van der Waals surface area contributed by atoms with Crippen molar-refractivity contribution in [3.8, 4) is 0 Å². The predicted molar refractivity (Wildman–Crippen MR) is 45.6 cm³/mol. The van der Waals surface area contributed by atoms with Crippen molar-refractivity contribution < 1.29 is 14.7 Å². The first kappa shape index (κ1) is 9.73. The lowest BCUT2D eigenvalue weighted by molar-refractivity contribution is -0.137. The van der Waals surface area contributed by atoms with Crippen molar-refractivity contribution in [3.63, 3.8) is 0 Å². The van der Waals surface area contributed by atoms with E-state index < -0.39 is 0 Å². The molecule has 0 spiro atoms. The number of β-amino-alcohol motifs (C(OH)–C–C–N with tert-alkyl or cyclic N) is 1.